The van der Waals surface area contributed by atoms with E-state index in [1.165, 1.54) is 0 Å². The predicted molar refractivity (Wildman–Crippen MR) is 65.1 cm³/mol. The van der Waals surface area contributed by atoms with E-state index in [9.17, 15) is 4.79 Å². The topological polar surface area (TPSA) is 30.0 Å². The Kier molecular flexibility index (Phi) is 3.22. The van der Waals surface area contributed by atoms with Crippen molar-refractivity contribution in [3.8, 4) is 11.3 Å². The highest BCUT2D eigenvalue weighted by Crippen LogP contribution is 2.34. The molecule has 1 heterocycles. The monoisotopic (exact) mass is 251 g/mol. The van der Waals surface area contributed by atoms with E-state index in [4.69, 9.17) is 23.2 Å². The van der Waals surface area contributed by atoms with Gasteiger partial charge in [0.2, 0.25) is 0 Å². The standard InChI is InChI=1S/C12H7Cl2NO/c13-11-8(7-16)4-5-9(12(11)14)10-3-1-2-6-15-10/h1-7H. The van der Waals surface area contributed by atoms with Crippen molar-refractivity contribution < 1.29 is 4.79 Å². The maximum atomic E-state index is 10.7. The lowest BCUT2D eigenvalue weighted by Gasteiger charge is -2.06. The molecule has 0 unspecified atom stereocenters. The summed E-state index contributed by atoms with van der Waals surface area (Å²) < 4.78 is 0. The summed E-state index contributed by atoms with van der Waals surface area (Å²) >= 11 is 12.0. The molecule has 2 nitrogen and oxygen atoms in total. The van der Waals surface area contributed by atoms with Gasteiger partial charge in [0, 0.05) is 17.3 Å². The molecule has 0 saturated heterocycles. The van der Waals surface area contributed by atoms with Crippen LogP contribution in [0.3, 0.4) is 0 Å². The van der Waals surface area contributed by atoms with Crippen molar-refractivity contribution in [2.75, 3.05) is 0 Å². The number of carbonyl (C=O) groups is 1. The van der Waals surface area contributed by atoms with Crippen LogP contribution in [0, 0.1) is 0 Å². The van der Waals surface area contributed by atoms with E-state index in [-0.39, 0.29) is 5.02 Å². The molecule has 0 radical (unpaired) electrons. The van der Waals surface area contributed by atoms with Gasteiger partial charge >= 0.3 is 0 Å². The molecule has 0 fully saturated rings. The molecule has 4 heteroatoms. The number of halogens is 2. The SMILES string of the molecule is O=Cc1ccc(-c2ccccn2)c(Cl)c1Cl. The van der Waals surface area contributed by atoms with Gasteiger partial charge in [-0.3, -0.25) is 9.78 Å². The van der Waals surface area contributed by atoms with Crippen molar-refractivity contribution >= 4 is 29.5 Å². The lowest BCUT2D eigenvalue weighted by molar-refractivity contribution is 0.112. The zero-order valence-electron chi connectivity index (χ0n) is 8.15. The number of rotatable bonds is 2. The summed E-state index contributed by atoms with van der Waals surface area (Å²) in [5, 5.41) is 0.616. The minimum Gasteiger partial charge on any atom is -0.298 e. The highest BCUT2D eigenvalue weighted by atomic mass is 35.5. The van der Waals surface area contributed by atoms with Crippen LogP contribution in [-0.2, 0) is 0 Å². The van der Waals surface area contributed by atoms with E-state index in [0.29, 0.717) is 16.9 Å². The number of nitrogens with zero attached hydrogens (tertiary/aromatic N) is 1. The molecule has 1 aromatic heterocycles. The first-order valence-electron chi connectivity index (χ1n) is 4.58. The molecule has 0 spiro atoms. The first-order valence-corrected chi connectivity index (χ1v) is 5.34. The van der Waals surface area contributed by atoms with Crippen LogP contribution >= 0.6 is 23.2 Å². The molecule has 16 heavy (non-hydrogen) atoms. The van der Waals surface area contributed by atoms with Crippen LogP contribution in [0.25, 0.3) is 11.3 Å². The van der Waals surface area contributed by atoms with Gasteiger partial charge in [0.25, 0.3) is 0 Å². The summed E-state index contributed by atoms with van der Waals surface area (Å²) in [6.45, 7) is 0. The third-order valence-corrected chi connectivity index (χ3v) is 3.08. The molecule has 80 valence electrons. The van der Waals surface area contributed by atoms with Crippen LogP contribution in [0.4, 0.5) is 0 Å². The van der Waals surface area contributed by atoms with E-state index >= 15 is 0 Å². The van der Waals surface area contributed by atoms with Gasteiger partial charge in [-0.15, -0.1) is 0 Å². The van der Waals surface area contributed by atoms with E-state index in [0.717, 1.165) is 11.3 Å². The Morgan fingerprint density at radius 2 is 1.88 bits per heavy atom. The van der Waals surface area contributed by atoms with Crippen LogP contribution in [0.1, 0.15) is 10.4 Å². The Balaban J connectivity index is 2.60. The van der Waals surface area contributed by atoms with Gasteiger partial charge in [-0.25, -0.2) is 0 Å². The Labute approximate surface area is 103 Å². The second-order valence-corrected chi connectivity index (χ2v) is 3.92. The summed E-state index contributed by atoms with van der Waals surface area (Å²) in [4.78, 5) is 14.8. The summed E-state index contributed by atoms with van der Waals surface area (Å²) in [6.07, 6.45) is 2.35. The minimum absolute atomic E-state index is 0.264. The van der Waals surface area contributed by atoms with Gasteiger partial charge in [-0.2, -0.15) is 0 Å². The van der Waals surface area contributed by atoms with Crippen LogP contribution < -0.4 is 0 Å². The number of hydrogen-bond acceptors (Lipinski definition) is 2. The molecule has 0 aliphatic heterocycles. The Hall–Kier alpha value is -1.38. The molecule has 0 aliphatic carbocycles. The molecule has 2 rings (SSSR count). The van der Waals surface area contributed by atoms with Crippen molar-refractivity contribution in [2.24, 2.45) is 0 Å². The summed E-state index contributed by atoms with van der Waals surface area (Å²) in [6, 6.07) is 8.88. The highest BCUT2D eigenvalue weighted by Gasteiger charge is 2.11. The maximum absolute atomic E-state index is 10.7. The number of pyridine rings is 1. The average Bonchev–Trinajstić information content (AvgIpc) is 2.34. The van der Waals surface area contributed by atoms with Gasteiger partial charge < -0.3 is 0 Å². The lowest BCUT2D eigenvalue weighted by atomic mass is 10.1. The molecular weight excluding hydrogens is 245 g/mol. The number of aromatic nitrogens is 1. The molecule has 0 atom stereocenters. The molecular formula is C12H7Cl2NO. The fourth-order valence-electron chi connectivity index (χ4n) is 1.38. The van der Waals surface area contributed by atoms with Gasteiger partial charge in [-0.05, 0) is 18.2 Å². The van der Waals surface area contributed by atoms with E-state index in [1.807, 2.05) is 18.2 Å². The zero-order valence-corrected chi connectivity index (χ0v) is 9.66. The summed E-state index contributed by atoms with van der Waals surface area (Å²) in [5.41, 5.74) is 1.83. The van der Waals surface area contributed by atoms with Crippen LogP contribution in [0.2, 0.25) is 10.0 Å². The number of benzene rings is 1. The summed E-state index contributed by atoms with van der Waals surface area (Å²) in [5.74, 6) is 0. The van der Waals surface area contributed by atoms with E-state index < -0.39 is 0 Å². The largest absolute Gasteiger partial charge is 0.298 e. The third-order valence-electron chi connectivity index (χ3n) is 2.18. The molecule has 0 amide bonds. The van der Waals surface area contributed by atoms with Gasteiger partial charge in [0.15, 0.2) is 6.29 Å². The molecule has 0 bridgehead atoms. The Morgan fingerprint density at radius 1 is 1.06 bits per heavy atom. The molecule has 0 saturated carbocycles. The van der Waals surface area contributed by atoms with E-state index in [1.54, 1.807) is 18.3 Å². The fourth-order valence-corrected chi connectivity index (χ4v) is 1.85. The first kappa shape index (κ1) is 11.1. The molecule has 0 aliphatic rings. The van der Waals surface area contributed by atoms with Gasteiger partial charge in [0.05, 0.1) is 15.7 Å². The van der Waals surface area contributed by atoms with Crippen LogP contribution in [-0.4, -0.2) is 11.3 Å². The lowest BCUT2D eigenvalue weighted by Crippen LogP contribution is -1.88. The normalized spacial score (nSPS) is 10.1. The van der Waals surface area contributed by atoms with Crippen LogP contribution in [0.5, 0.6) is 0 Å². The highest BCUT2D eigenvalue weighted by molar-refractivity contribution is 6.45. The molecule has 0 N–H and O–H groups in total. The third kappa shape index (κ3) is 1.94. The van der Waals surface area contributed by atoms with Crippen molar-refractivity contribution in [3.05, 3.63) is 52.1 Å². The average molecular weight is 252 g/mol. The van der Waals surface area contributed by atoms with Crippen molar-refractivity contribution in [1.29, 1.82) is 0 Å². The predicted octanol–water partition coefficient (Wildman–Crippen LogP) is 3.87. The number of aldehydes is 1. The summed E-state index contributed by atoms with van der Waals surface area (Å²) in [7, 11) is 0. The van der Waals surface area contributed by atoms with Crippen LogP contribution in [0.15, 0.2) is 36.5 Å². The minimum atomic E-state index is 0.264. The first-order chi connectivity index (χ1) is 7.74. The van der Waals surface area contributed by atoms with Crippen molar-refractivity contribution in [1.82, 2.24) is 4.98 Å². The fraction of sp³-hybridized carbons (Fsp3) is 0. The second kappa shape index (κ2) is 4.64. The van der Waals surface area contributed by atoms with Gasteiger partial charge in [-0.1, -0.05) is 35.3 Å². The zero-order chi connectivity index (χ0) is 11.5. The Morgan fingerprint density at radius 3 is 2.50 bits per heavy atom. The van der Waals surface area contributed by atoms with Crippen molar-refractivity contribution in [3.63, 3.8) is 0 Å². The second-order valence-electron chi connectivity index (χ2n) is 3.16. The number of hydrogen-bond donors (Lipinski definition) is 0. The smallest absolute Gasteiger partial charge is 0.151 e. The molecule has 1 aromatic carbocycles. The molecule has 2 aromatic rings. The Bertz CT molecular complexity index is 526. The quantitative estimate of drug-likeness (QED) is 0.759. The van der Waals surface area contributed by atoms with E-state index in [2.05, 4.69) is 4.98 Å². The van der Waals surface area contributed by atoms with Crippen molar-refractivity contribution in [2.45, 2.75) is 0 Å². The number of carbonyl (C=O) groups excluding carboxylic acids is 1. The van der Waals surface area contributed by atoms with Gasteiger partial charge in [0.1, 0.15) is 0 Å². The maximum Gasteiger partial charge on any atom is 0.151 e.